The number of nitrogens with zero attached hydrogens (tertiary/aromatic N) is 3. The lowest BCUT2D eigenvalue weighted by molar-refractivity contribution is 0.0430. The first-order chi connectivity index (χ1) is 11.5. The summed E-state index contributed by atoms with van der Waals surface area (Å²) in [6.45, 7) is 14.0. The third-order valence-corrected chi connectivity index (χ3v) is 5.29. The van der Waals surface area contributed by atoms with E-state index in [1.54, 1.807) is 0 Å². The van der Waals surface area contributed by atoms with Crippen LogP contribution in [0.15, 0.2) is 17.1 Å². The van der Waals surface area contributed by atoms with E-state index >= 15 is 0 Å². The van der Waals surface area contributed by atoms with Crippen molar-refractivity contribution in [2.24, 2.45) is 22.6 Å². The largest absolute Gasteiger partial charge is 0.393 e. The zero-order valence-corrected chi connectivity index (χ0v) is 15.2. The molecule has 2 heterocycles. The molecule has 2 aliphatic heterocycles. The molecule has 0 aromatic carbocycles. The molecule has 5 atom stereocenters. The fraction of sp³-hybridized carbons (Fsp3) is 0.833. The van der Waals surface area contributed by atoms with Crippen LogP contribution in [0.4, 0.5) is 0 Å². The molecule has 0 radical (unpaired) electrons. The molecule has 2 rings (SSSR count). The Kier molecular flexibility index (Phi) is 7.84. The fourth-order valence-electron chi connectivity index (χ4n) is 3.63. The molecule has 0 saturated carbocycles. The van der Waals surface area contributed by atoms with Crippen molar-refractivity contribution in [3.8, 4) is 0 Å². The van der Waals surface area contributed by atoms with Gasteiger partial charge in [0.05, 0.1) is 19.3 Å². The summed E-state index contributed by atoms with van der Waals surface area (Å²) in [6.07, 6.45) is 4.80. The van der Waals surface area contributed by atoms with E-state index in [1.165, 1.54) is 0 Å². The molecule has 0 bridgehead atoms. The average molecular weight is 338 g/mol. The molecule has 2 aliphatic rings. The summed E-state index contributed by atoms with van der Waals surface area (Å²) < 4.78 is 5.37. The molecular formula is C18H34N4O2. The number of aliphatic imine (C=N–C) groups is 1. The third kappa shape index (κ3) is 5.36. The van der Waals surface area contributed by atoms with Gasteiger partial charge in [-0.15, -0.1) is 0 Å². The van der Waals surface area contributed by atoms with E-state index in [0.29, 0.717) is 5.92 Å². The van der Waals surface area contributed by atoms with Gasteiger partial charge < -0.3 is 15.6 Å². The van der Waals surface area contributed by atoms with Crippen LogP contribution in [-0.2, 0) is 4.74 Å². The summed E-state index contributed by atoms with van der Waals surface area (Å²) in [5.41, 5.74) is 6.05. The van der Waals surface area contributed by atoms with Crippen LogP contribution in [0.3, 0.4) is 0 Å². The first kappa shape index (κ1) is 19.5. The zero-order chi connectivity index (χ0) is 17.5. The topological polar surface area (TPSA) is 74.3 Å². The minimum atomic E-state index is -0.462. The van der Waals surface area contributed by atoms with E-state index < -0.39 is 6.10 Å². The first-order valence-electron chi connectivity index (χ1n) is 9.13. The van der Waals surface area contributed by atoms with Crippen molar-refractivity contribution in [3.05, 3.63) is 12.2 Å². The maximum atomic E-state index is 10.3. The summed E-state index contributed by atoms with van der Waals surface area (Å²) in [5, 5.41) is 10.3. The van der Waals surface area contributed by atoms with Crippen LogP contribution in [0.5, 0.6) is 0 Å². The summed E-state index contributed by atoms with van der Waals surface area (Å²) >= 11 is 0. The SMILES string of the molecule is C=NC(C(/C=C/CN1CCOCC1)C(C)O)N1CCC(C(C)N)C1. The molecular weight excluding hydrogens is 304 g/mol. The Bertz CT molecular complexity index is 408. The lowest BCUT2D eigenvalue weighted by Gasteiger charge is -2.32. The van der Waals surface area contributed by atoms with E-state index in [-0.39, 0.29) is 18.1 Å². The summed E-state index contributed by atoms with van der Waals surface area (Å²) in [7, 11) is 0. The molecule has 2 fully saturated rings. The second kappa shape index (κ2) is 9.63. The van der Waals surface area contributed by atoms with Crippen LogP contribution in [0.1, 0.15) is 20.3 Å². The van der Waals surface area contributed by atoms with E-state index in [1.807, 2.05) is 6.92 Å². The van der Waals surface area contributed by atoms with Crippen molar-refractivity contribution in [1.29, 1.82) is 0 Å². The Morgan fingerprint density at radius 1 is 1.33 bits per heavy atom. The quantitative estimate of drug-likeness (QED) is 0.500. The number of likely N-dealkylation sites (tertiary alicyclic amines) is 1. The van der Waals surface area contributed by atoms with E-state index in [9.17, 15) is 5.11 Å². The molecule has 24 heavy (non-hydrogen) atoms. The predicted octanol–water partition coefficient (Wildman–Crippen LogP) is 0.568. The number of nitrogens with two attached hydrogens (primary N) is 1. The molecule has 2 saturated heterocycles. The number of aliphatic hydroxyl groups excluding tert-OH is 1. The van der Waals surface area contributed by atoms with Gasteiger partial charge in [0.1, 0.15) is 6.17 Å². The molecule has 0 aromatic rings. The average Bonchev–Trinajstić information content (AvgIpc) is 3.05. The van der Waals surface area contributed by atoms with E-state index in [0.717, 1.165) is 52.4 Å². The Labute approximate surface area is 146 Å². The van der Waals surface area contributed by atoms with Crippen molar-refractivity contribution in [1.82, 2.24) is 9.80 Å². The molecule has 3 N–H and O–H groups in total. The lowest BCUT2D eigenvalue weighted by atomic mass is 9.98. The molecule has 5 unspecified atom stereocenters. The molecule has 6 nitrogen and oxygen atoms in total. The second-order valence-electron chi connectivity index (χ2n) is 7.16. The van der Waals surface area contributed by atoms with Crippen LogP contribution in [0, 0.1) is 11.8 Å². The summed E-state index contributed by atoms with van der Waals surface area (Å²) in [6, 6.07) is 0.197. The number of hydrogen-bond donors (Lipinski definition) is 2. The van der Waals surface area contributed by atoms with Gasteiger partial charge in [0.25, 0.3) is 0 Å². The Balaban J connectivity index is 1.95. The summed E-state index contributed by atoms with van der Waals surface area (Å²) in [5.74, 6) is 0.455. The Morgan fingerprint density at radius 2 is 2.04 bits per heavy atom. The highest BCUT2D eigenvalue weighted by Crippen LogP contribution is 2.26. The third-order valence-electron chi connectivity index (χ3n) is 5.29. The minimum Gasteiger partial charge on any atom is -0.393 e. The van der Waals surface area contributed by atoms with Crippen molar-refractivity contribution >= 4 is 6.72 Å². The highest BCUT2D eigenvalue weighted by atomic mass is 16.5. The summed E-state index contributed by atoms with van der Waals surface area (Å²) in [4.78, 5) is 9.02. The van der Waals surface area contributed by atoms with Crippen LogP contribution in [0.25, 0.3) is 0 Å². The van der Waals surface area contributed by atoms with Crippen molar-refractivity contribution < 1.29 is 9.84 Å². The number of morpholine rings is 1. The van der Waals surface area contributed by atoms with Gasteiger partial charge in [0.15, 0.2) is 0 Å². The number of hydrogen-bond acceptors (Lipinski definition) is 6. The van der Waals surface area contributed by atoms with E-state index in [4.69, 9.17) is 10.5 Å². The van der Waals surface area contributed by atoms with Crippen LogP contribution >= 0.6 is 0 Å². The molecule has 0 amide bonds. The van der Waals surface area contributed by atoms with E-state index in [2.05, 4.69) is 40.6 Å². The van der Waals surface area contributed by atoms with Crippen LogP contribution in [-0.4, -0.2) is 85.9 Å². The molecule has 138 valence electrons. The minimum absolute atomic E-state index is 0.0460. The normalized spacial score (nSPS) is 28.8. The van der Waals surface area contributed by atoms with Gasteiger partial charge in [0.2, 0.25) is 0 Å². The Morgan fingerprint density at radius 3 is 2.58 bits per heavy atom. The maximum absolute atomic E-state index is 10.3. The predicted molar refractivity (Wildman–Crippen MR) is 98.2 cm³/mol. The number of rotatable bonds is 8. The number of aliphatic hydroxyl groups is 1. The number of ether oxygens (including phenoxy) is 1. The molecule has 6 heteroatoms. The standard InChI is InChI=1S/C18H34N4O2/c1-14(19)16-6-8-22(13-16)18(20-3)17(15(2)23)5-4-7-21-9-11-24-12-10-21/h4-5,14-18,23H,3,6-13,19H2,1-2H3/b5-4+. The van der Waals surface area contributed by atoms with Gasteiger partial charge in [-0.05, 0) is 32.9 Å². The second-order valence-corrected chi connectivity index (χ2v) is 7.16. The van der Waals surface area contributed by atoms with Gasteiger partial charge in [-0.3, -0.25) is 14.8 Å². The monoisotopic (exact) mass is 338 g/mol. The van der Waals surface area contributed by atoms with Gasteiger partial charge in [-0.1, -0.05) is 12.2 Å². The maximum Gasteiger partial charge on any atom is 0.110 e. The van der Waals surface area contributed by atoms with Crippen LogP contribution < -0.4 is 5.73 Å². The smallest absolute Gasteiger partial charge is 0.110 e. The van der Waals surface area contributed by atoms with Crippen molar-refractivity contribution in [2.45, 2.75) is 38.6 Å². The lowest BCUT2D eigenvalue weighted by Crippen LogP contribution is -2.42. The fourth-order valence-corrected chi connectivity index (χ4v) is 3.63. The van der Waals surface area contributed by atoms with Crippen molar-refractivity contribution in [3.63, 3.8) is 0 Å². The highest BCUT2D eigenvalue weighted by molar-refractivity contribution is 5.25. The van der Waals surface area contributed by atoms with Crippen molar-refractivity contribution in [2.75, 3.05) is 45.9 Å². The highest BCUT2D eigenvalue weighted by Gasteiger charge is 2.34. The van der Waals surface area contributed by atoms with Gasteiger partial charge in [0, 0.05) is 44.7 Å². The zero-order valence-electron chi connectivity index (χ0n) is 15.2. The Hall–Kier alpha value is -0.790. The van der Waals surface area contributed by atoms with Crippen LogP contribution in [0.2, 0.25) is 0 Å². The molecule has 0 aromatic heterocycles. The van der Waals surface area contributed by atoms with Gasteiger partial charge in [-0.2, -0.15) is 0 Å². The van der Waals surface area contributed by atoms with Gasteiger partial charge in [-0.25, -0.2) is 0 Å². The first-order valence-corrected chi connectivity index (χ1v) is 9.13. The molecule has 0 aliphatic carbocycles. The molecule has 0 spiro atoms. The van der Waals surface area contributed by atoms with Gasteiger partial charge >= 0.3 is 0 Å².